The van der Waals surface area contributed by atoms with Crippen LogP contribution in [0, 0.1) is 10.8 Å². The molecular weight excluding hydrogens is 504 g/mol. The van der Waals surface area contributed by atoms with E-state index in [-0.39, 0.29) is 23.7 Å². The van der Waals surface area contributed by atoms with Crippen molar-refractivity contribution in [3.05, 3.63) is 59.4 Å². The van der Waals surface area contributed by atoms with Crippen LogP contribution in [0.3, 0.4) is 0 Å². The first-order valence-corrected chi connectivity index (χ1v) is 14.4. The summed E-state index contributed by atoms with van der Waals surface area (Å²) >= 11 is 0. The predicted molar refractivity (Wildman–Crippen MR) is 152 cm³/mol. The minimum atomic E-state index is -0.680. The quantitative estimate of drug-likeness (QED) is 0.351. The number of nitrogens with one attached hydrogen (secondary N) is 2. The molecule has 4 aliphatic rings. The van der Waals surface area contributed by atoms with E-state index < -0.39 is 11.9 Å². The smallest absolute Gasteiger partial charge is 0.259 e. The van der Waals surface area contributed by atoms with E-state index in [0.717, 1.165) is 72.9 Å². The van der Waals surface area contributed by atoms with E-state index in [4.69, 9.17) is 10.5 Å². The average Bonchev–Trinajstić information content (AvgIpc) is 3.52. The first-order chi connectivity index (χ1) is 19.4. The third-order valence-electron chi connectivity index (χ3n) is 9.51. The molecule has 1 unspecified atom stereocenters. The molecule has 1 aromatic heterocycles. The van der Waals surface area contributed by atoms with Gasteiger partial charge in [0, 0.05) is 61.3 Å². The average molecular weight is 539 g/mol. The number of carbonyl (C=O) groups excluding carboxylic acids is 3. The molecule has 9 nitrogen and oxygen atoms in total. The second-order valence-corrected chi connectivity index (χ2v) is 12.0. The molecule has 1 atom stereocenters. The lowest BCUT2D eigenvalue weighted by Gasteiger charge is -2.44. The van der Waals surface area contributed by atoms with Crippen molar-refractivity contribution in [3.8, 4) is 0 Å². The molecule has 9 heteroatoms. The molecule has 0 bridgehead atoms. The van der Waals surface area contributed by atoms with Crippen molar-refractivity contribution in [2.45, 2.75) is 63.5 Å². The zero-order chi connectivity index (χ0) is 27.4. The Balaban J connectivity index is 1.08. The summed E-state index contributed by atoms with van der Waals surface area (Å²) in [6, 6.07) is 9.47. The fraction of sp³-hybridized carbons (Fsp3) is 0.452. The molecule has 3 aromatic rings. The number of amides is 3. The second kappa shape index (κ2) is 9.66. The van der Waals surface area contributed by atoms with E-state index in [0.29, 0.717) is 24.4 Å². The van der Waals surface area contributed by atoms with Crippen LogP contribution < -0.4 is 10.2 Å². The molecular formula is C31H34N6O3. The number of carbonyl (C=O) groups is 3. The minimum Gasteiger partial charge on any atom is -0.312 e. The first kappa shape index (κ1) is 25.1. The maximum atomic E-state index is 13.4. The Morgan fingerprint density at radius 1 is 1.07 bits per heavy atom. The molecule has 206 valence electrons. The van der Waals surface area contributed by atoms with E-state index in [1.165, 1.54) is 6.42 Å². The van der Waals surface area contributed by atoms with Crippen LogP contribution in [0.15, 0.2) is 42.7 Å². The fourth-order valence-electron chi connectivity index (χ4n) is 7.11. The maximum Gasteiger partial charge on any atom is 0.259 e. The molecule has 2 aromatic carbocycles. The molecule has 40 heavy (non-hydrogen) atoms. The van der Waals surface area contributed by atoms with Crippen LogP contribution in [0.5, 0.6) is 0 Å². The number of nitrogens with zero attached hydrogens (tertiary/aromatic N) is 4. The van der Waals surface area contributed by atoms with Crippen LogP contribution in [0.4, 0.5) is 5.69 Å². The topological polar surface area (TPSA) is 111 Å². The highest BCUT2D eigenvalue weighted by molar-refractivity contribution is 6.27. The number of anilines is 1. The highest BCUT2D eigenvalue weighted by Crippen LogP contribution is 2.42. The van der Waals surface area contributed by atoms with Crippen molar-refractivity contribution in [1.29, 1.82) is 5.41 Å². The third kappa shape index (κ3) is 4.15. The van der Waals surface area contributed by atoms with Gasteiger partial charge in [0.1, 0.15) is 6.04 Å². The van der Waals surface area contributed by atoms with Crippen molar-refractivity contribution >= 4 is 40.4 Å². The van der Waals surface area contributed by atoms with E-state index in [9.17, 15) is 14.4 Å². The van der Waals surface area contributed by atoms with Gasteiger partial charge in [0.05, 0.1) is 17.9 Å². The maximum absolute atomic E-state index is 13.4. The first-order valence-electron chi connectivity index (χ1n) is 14.4. The largest absolute Gasteiger partial charge is 0.312 e. The van der Waals surface area contributed by atoms with Gasteiger partial charge in [-0.3, -0.25) is 29.3 Å². The Morgan fingerprint density at radius 2 is 1.90 bits per heavy atom. The lowest BCUT2D eigenvalue weighted by atomic mass is 9.69. The molecule has 1 saturated carbocycles. The molecule has 4 heterocycles. The third-order valence-corrected chi connectivity index (χ3v) is 9.51. The number of aromatic nitrogens is 2. The number of hydrogen-bond donors (Lipinski definition) is 2. The van der Waals surface area contributed by atoms with Crippen molar-refractivity contribution in [2.75, 3.05) is 24.5 Å². The second-order valence-electron chi connectivity index (χ2n) is 12.0. The van der Waals surface area contributed by atoms with E-state index >= 15 is 0 Å². The SMILES string of the molecule is N=CC1(CN2CCC(n3cc(Cc4ccc5c6c(cccc46)C(=O)N5C4CCC(=O)NC4=O)cn3)CC2)CCC1. The molecule has 2 saturated heterocycles. The number of imide groups is 1. The molecule has 3 amide bonds. The Labute approximate surface area is 233 Å². The zero-order valence-corrected chi connectivity index (χ0v) is 22.6. The summed E-state index contributed by atoms with van der Waals surface area (Å²) < 4.78 is 2.12. The zero-order valence-electron chi connectivity index (χ0n) is 22.6. The summed E-state index contributed by atoms with van der Waals surface area (Å²) in [5.41, 5.74) is 3.71. The van der Waals surface area contributed by atoms with Crippen LogP contribution in [-0.2, 0) is 16.0 Å². The lowest BCUT2D eigenvalue weighted by Crippen LogP contribution is -2.53. The van der Waals surface area contributed by atoms with Gasteiger partial charge in [-0.1, -0.05) is 24.6 Å². The number of piperidine rings is 2. The number of rotatable bonds is 7. The van der Waals surface area contributed by atoms with Crippen molar-refractivity contribution in [2.24, 2.45) is 5.41 Å². The van der Waals surface area contributed by atoms with Gasteiger partial charge >= 0.3 is 0 Å². The standard InChI is InChI=1S/C31H34N6O3/c32-18-31(11-2-12-31)19-35-13-9-22(10-14-35)36-17-20(16-33-36)15-21-5-6-25-28-23(21)3-1-4-24(28)30(40)37(25)26-7-8-27(38)34-29(26)39/h1,3-6,16-18,22,26,32H,2,7-15,19H2,(H,34,38,39). The van der Waals surface area contributed by atoms with Gasteiger partial charge in [-0.15, -0.1) is 0 Å². The van der Waals surface area contributed by atoms with Crippen molar-refractivity contribution in [1.82, 2.24) is 20.0 Å². The molecule has 0 radical (unpaired) electrons. The Bertz CT molecular complexity index is 1530. The van der Waals surface area contributed by atoms with Gasteiger partial charge in [-0.2, -0.15) is 5.10 Å². The van der Waals surface area contributed by atoms with Crippen LogP contribution in [0.2, 0.25) is 0 Å². The Morgan fingerprint density at radius 3 is 2.62 bits per heavy atom. The molecule has 1 aliphatic carbocycles. The summed E-state index contributed by atoms with van der Waals surface area (Å²) in [7, 11) is 0. The molecule has 3 aliphatic heterocycles. The van der Waals surface area contributed by atoms with Crippen molar-refractivity contribution in [3.63, 3.8) is 0 Å². The number of benzene rings is 2. The Hall–Kier alpha value is -3.85. The van der Waals surface area contributed by atoms with Crippen molar-refractivity contribution < 1.29 is 14.4 Å². The van der Waals surface area contributed by atoms with Gasteiger partial charge in [0.2, 0.25) is 11.8 Å². The van der Waals surface area contributed by atoms with Crippen LogP contribution in [0.1, 0.15) is 72.5 Å². The van der Waals surface area contributed by atoms with Gasteiger partial charge in [-0.05, 0) is 60.7 Å². The lowest BCUT2D eigenvalue weighted by molar-refractivity contribution is -0.134. The summed E-state index contributed by atoms with van der Waals surface area (Å²) in [5.74, 6) is -0.887. The van der Waals surface area contributed by atoms with Crippen LogP contribution >= 0.6 is 0 Å². The predicted octanol–water partition coefficient (Wildman–Crippen LogP) is 3.85. The summed E-state index contributed by atoms with van der Waals surface area (Å²) in [6.45, 7) is 3.10. The summed E-state index contributed by atoms with van der Waals surface area (Å²) in [4.78, 5) is 41.8. The molecule has 2 N–H and O–H groups in total. The van der Waals surface area contributed by atoms with Gasteiger partial charge < -0.3 is 10.3 Å². The van der Waals surface area contributed by atoms with Crippen LogP contribution in [-0.4, -0.2) is 64.3 Å². The van der Waals surface area contributed by atoms with Gasteiger partial charge in [0.15, 0.2) is 0 Å². The molecule has 0 spiro atoms. The number of likely N-dealkylation sites (tertiary alicyclic amines) is 1. The van der Waals surface area contributed by atoms with Gasteiger partial charge in [-0.25, -0.2) is 0 Å². The van der Waals surface area contributed by atoms with E-state index in [1.807, 2.05) is 36.5 Å². The molecule has 7 rings (SSSR count). The summed E-state index contributed by atoms with van der Waals surface area (Å²) in [5, 5.41) is 16.9. The highest BCUT2D eigenvalue weighted by Gasteiger charge is 2.41. The van der Waals surface area contributed by atoms with E-state index in [2.05, 4.69) is 21.1 Å². The summed E-state index contributed by atoms with van der Waals surface area (Å²) in [6.07, 6.45) is 12.7. The van der Waals surface area contributed by atoms with Gasteiger partial charge in [0.25, 0.3) is 5.91 Å². The monoisotopic (exact) mass is 538 g/mol. The normalized spacial score (nSPS) is 22.9. The van der Waals surface area contributed by atoms with E-state index in [1.54, 1.807) is 11.1 Å². The van der Waals surface area contributed by atoms with Crippen LogP contribution in [0.25, 0.3) is 10.8 Å². The minimum absolute atomic E-state index is 0.120. The molecule has 3 fully saturated rings. The Kier molecular flexibility index (Phi) is 6.07. The highest BCUT2D eigenvalue weighted by atomic mass is 16.2. The fourth-order valence-corrected chi connectivity index (χ4v) is 7.11. The number of hydrogen-bond acceptors (Lipinski definition) is 6.